The predicted molar refractivity (Wildman–Crippen MR) is 58.4 cm³/mol. The molecule has 0 radical (unpaired) electrons. The molecule has 4 N–H and O–H groups in total. The third kappa shape index (κ3) is 2.29. The zero-order valence-electron chi connectivity index (χ0n) is 8.98. The monoisotopic (exact) mass is 263 g/mol. The van der Waals surface area contributed by atoms with Crippen LogP contribution in [0.2, 0.25) is 0 Å². The maximum atomic E-state index is 11.5. The predicted octanol–water partition coefficient (Wildman–Crippen LogP) is -2.15. The van der Waals surface area contributed by atoms with Gasteiger partial charge < -0.3 is 25.2 Å². The van der Waals surface area contributed by atoms with Crippen LogP contribution in [0.25, 0.3) is 0 Å². The Morgan fingerprint density at radius 2 is 2.06 bits per heavy atom. The number of carbonyl (C=O) groups excluding carboxylic acids is 1. The normalized spacial score (nSPS) is 41.7. The molecule has 0 aromatic rings. The van der Waals surface area contributed by atoms with Crippen LogP contribution in [-0.4, -0.2) is 68.1 Å². The Morgan fingerprint density at radius 1 is 1.47 bits per heavy atom. The molecule has 1 rings (SSSR count). The second-order valence-electron chi connectivity index (χ2n) is 3.72. The van der Waals surface area contributed by atoms with Crippen LogP contribution in [-0.2, 0) is 9.53 Å². The highest BCUT2D eigenvalue weighted by molar-refractivity contribution is 7.78. The Kier molecular flexibility index (Phi) is 4.45. The highest BCUT2D eigenvalue weighted by atomic mass is 32.1. The minimum absolute atomic E-state index is 0.646. The van der Waals surface area contributed by atoms with Crippen molar-refractivity contribution in [2.24, 2.45) is 4.99 Å². The van der Waals surface area contributed by atoms with E-state index in [1.807, 2.05) is 5.16 Å². The first-order valence-electron chi connectivity index (χ1n) is 4.83. The Hall–Kier alpha value is -0.730. The van der Waals surface area contributed by atoms with Crippen LogP contribution in [0.15, 0.2) is 4.99 Å². The molecule has 0 bridgehead atoms. The molecule has 0 aliphatic carbocycles. The van der Waals surface area contributed by atoms with Gasteiger partial charge in [-0.15, -0.1) is 0 Å². The molecule has 0 spiro atoms. The van der Waals surface area contributed by atoms with Crippen molar-refractivity contribution >= 4 is 23.2 Å². The van der Waals surface area contributed by atoms with Gasteiger partial charge in [-0.05, 0) is 19.1 Å². The lowest BCUT2D eigenvalue weighted by Crippen LogP contribution is -2.66. The summed E-state index contributed by atoms with van der Waals surface area (Å²) in [6.45, 7) is 0.436. The van der Waals surface area contributed by atoms with Gasteiger partial charge in [0.2, 0.25) is 0 Å². The highest BCUT2D eigenvalue weighted by Crippen LogP contribution is 2.31. The van der Waals surface area contributed by atoms with Crippen LogP contribution >= 0.6 is 12.2 Å². The van der Waals surface area contributed by atoms with E-state index in [4.69, 9.17) is 9.84 Å². The van der Waals surface area contributed by atoms with E-state index in [1.54, 1.807) is 0 Å². The first kappa shape index (κ1) is 14.3. The van der Waals surface area contributed by atoms with Crippen LogP contribution in [0.3, 0.4) is 0 Å². The molecule has 5 atom stereocenters. The Bertz CT molecular complexity index is 351. The van der Waals surface area contributed by atoms with Crippen molar-refractivity contribution in [3.05, 3.63) is 0 Å². The maximum Gasteiger partial charge on any atom is 0.256 e. The van der Waals surface area contributed by atoms with Gasteiger partial charge in [-0.25, -0.2) is 0 Å². The Balaban J connectivity index is 3.20. The molecule has 8 heteroatoms. The number of rotatable bonds is 3. The summed E-state index contributed by atoms with van der Waals surface area (Å²) in [7, 11) is 0. The number of nitrogens with zero attached hydrogens (tertiary/aromatic N) is 1. The van der Waals surface area contributed by atoms with Gasteiger partial charge in [0, 0.05) is 0 Å². The number of carbonyl (C=O) groups is 1. The summed E-state index contributed by atoms with van der Waals surface area (Å²) in [6, 6.07) is 0. The van der Waals surface area contributed by atoms with Gasteiger partial charge in [-0.3, -0.25) is 4.79 Å². The molecular formula is C9H13NO6S. The quantitative estimate of drug-likeness (QED) is 0.338. The summed E-state index contributed by atoms with van der Waals surface area (Å²) >= 11 is 4.35. The van der Waals surface area contributed by atoms with Gasteiger partial charge in [0.05, 0.1) is 11.8 Å². The summed E-state index contributed by atoms with van der Waals surface area (Å²) in [6.07, 6.45) is -6.24. The van der Waals surface area contributed by atoms with E-state index in [0.717, 1.165) is 6.92 Å². The SMILES string of the molecule is CC(=O)C1(N=C=S)O[C@H](CO)[C@H](O)[C@H](O)[C@H]1O. The molecule has 96 valence electrons. The van der Waals surface area contributed by atoms with Crippen molar-refractivity contribution in [1.82, 2.24) is 0 Å². The molecule has 1 aliphatic heterocycles. The molecule has 1 unspecified atom stereocenters. The molecule has 1 aliphatic rings. The minimum atomic E-state index is -2.13. The van der Waals surface area contributed by atoms with E-state index in [-0.39, 0.29) is 0 Å². The van der Waals surface area contributed by atoms with E-state index in [0.29, 0.717) is 0 Å². The fraction of sp³-hybridized carbons (Fsp3) is 0.778. The third-order valence-electron chi connectivity index (χ3n) is 2.68. The number of isothiocyanates is 1. The summed E-state index contributed by atoms with van der Waals surface area (Å²) in [5.74, 6) is -0.716. The molecule has 1 saturated heterocycles. The lowest BCUT2D eigenvalue weighted by Gasteiger charge is -2.44. The van der Waals surface area contributed by atoms with Gasteiger partial charge in [-0.2, -0.15) is 4.99 Å². The number of aliphatic hydroxyl groups excluding tert-OH is 4. The fourth-order valence-electron chi connectivity index (χ4n) is 1.68. The number of ether oxygens (including phenoxy) is 1. The second kappa shape index (κ2) is 5.28. The van der Waals surface area contributed by atoms with Crippen LogP contribution < -0.4 is 0 Å². The van der Waals surface area contributed by atoms with Crippen molar-refractivity contribution in [3.63, 3.8) is 0 Å². The number of thiocarbonyl (C=S) groups is 1. The number of aliphatic imine (C=N–C) groups is 1. The largest absolute Gasteiger partial charge is 0.394 e. The Morgan fingerprint density at radius 3 is 2.47 bits per heavy atom. The maximum absolute atomic E-state index is 11.5. The smallest absolute Gasteiger partial charge is 0.256 e. The molecule has 0 amide bonds. The van der Waals surface area contributed by atoms with Crippen molar-refractivity contribution < 1.29 is 30.0 Å². The van der Waals surface area contributed by atoms with Gasteiger partial charge >= 0.3 is 0 Å². The molecule has 0 aromatic carbocycles. The lowest BCUT2D eigenvalue weighted by atomic mass is 9.89. The number of aliphatic hydroxyl groups is 4. The molecule has 1 heterocycles. The van der Waals surface area contributed by atoms with Crippen LogP contribution in [0.1, 0.15) is 6.92 Å². The van der Waals surface area contributed by atoms with E-state index in [2.05, 4.69) is 17.2 Å². The highest BCUT2D eigenvalue weighted by Gasteiger charge is 2.56. The van der Waals surface area contributed by atoms with Gasteiger partial charge in [0.1, 0.15) is 24.4 Å². The van der Waals surface area contributed by atoms with Crippen molar-refractivity contribution in [2.45, 2.75) is 37.1 Å². The van der Waals surface area contributed by atoms with E-state index in [1.165, 1.54) is 0 Å². The number of hydrogen-bond acceptors (Lipinski definition) is 8. The van der Waals surface area contributed by atoms with Crippen molar-refractivity contribution in [3.8, 4) is 0 Å². The van der Waals surface area contributed by atoms with Gasteiger partial charge in [0.25, 0.3) is 5.72 Å². The topological polar surface area (TPSA) is 120 Å². The summed E-state index contributed by atoms with van der Waals surface area (Å²) in [5, 5.41) is 39.7. The number of hydrogen-bond donors (Lipinski definition) is 4. The molecule has 17 heavy (non-hydrogen) atoms. The lowest BCUT2D eigenvalue weighted by molar-refractivity contribution is -0.261. The van der Waals surface area contributed by atoms with Crippen molar-refractivity contribution in [1.29, 1.82) is 0 Å². The van der Waals surface area contributed by atoms with Crippen LogP contribution in [0, 0.1) is 0 Å². The molecule has 0 aromatic heterocycles. The standard InChI is InChI=1S/C9H13NO6S/c1-4(12)9(10-3-17)8(15)7(14)6(13)5(2-11)16-9/h5-8,11,13-15H,2H2,1H3/t5-,6+,7+,8-,9?/m1/s1. The van der Waals surface area contributed by atoms with Gasteiger partial charge in [0.15, 0.2) is 5.78 Å². The van der Waals surface area contributed by atoms with E-state index in [9.17, 15) is 20.1 Å². The first-order valence-corrected chi connectivity index (χ1v) is 5.24. The Labute approximate surface area is 102 Å². The van der Waals surface area contributed by atoms with E-state index < -0.39 is 42.5 Å². The molecule has 7 nitrogen and oxygen atoms in total. The zero-order valence-corrected chi connectivity index (χ0v) is 9.79. The van der Waals surface area contributed by atoms with Crippen LogP contribution in [0.4, 0.5) is 0 Å². The average Bonchev–Trinajstić information content (AvgIpc) is 2.30. The summed E-state index contributed by atoms with van der Waals surface area (Å²) in [5.41, 5.74) is -2.13. The van der Waals surface area contributed by atoms with Crippen molar-refractivity contribution in [2.75, 3.05) is 6.61 Å². The molecule has 1 fully saturated rings. The summed E-state index contributed by atoms with van der Waals surface area (Å²) in [4.78, 5) is 14.9. The summed E-state index contributed by atoms with van der Waals surface area (Å²) < 4.78 is 5.06. The van der Waals surface area contributed by atoms with Crippen LogP contribution in [0.5, 0.6) is 0 Å². The van der Waals surface area contributed by atoms with Gasteiger partial charge in [-0.1, -0.05) is 0 Å². The number of ketones is 1. The second-order valence-corrected chi connectivity index (χ2v) is 3.90. The number of Topliss-reactive ketones (excluding diaryl/α,β-unsaturated/α-hetero) is 1. The average molecular weight is 263 g/mol. The molecular weight excluding hydrogens is 250 g/mol. The fourth-order valence-corrected chi connectivity index (χ4v) is 1.82. The molecule has 0 saturated carbocycles. The minimum Gasteiger partial charge on any atom is -0.394 e. The van der Waals surface area contributed by atoms with E-state index >= 15 is 0 Å². The first-order chi connectivity index (χ1) is 7.90. The third-order valence-corrected chi connectivity index (χ3v) is 2.77. The zero-order chi connectivity index (χ0) is 13.2.